The zero-order chi connectivity index (χ0) is 17.8. The van der Waals surface area contributed by atoms with Crippen LogP contribution in [-0.2, 0) is 31.3 Å². The molecule has 3 unspecified atom stereocenters. The molecule has 0 fully saturated rings. The minimum atomic E-state index is -2.44. The topological polar surface area (TPSA) is 132 Å². The molecule has 25 heavy (non-hydrogen) atoms. The Labute approximate surface area is 141 Å². The van der Waals surface area contributed by atoms with Crippen molar-refractivity contribution in [3.8, 4) is 0 Å². The van der Waals surface area contributed by atoms with E-state index in [4.69, 9.17) is 15.2 Å². The molecule has 128 valence electrons. The van der Waals surface area contributed by atoms with Gasteiger partial charge in [-0.1, -0.05) is 18.2 Å². The van der Waals surface area contributed by atoms with Crippen LogP contribution in [-0.4, -0.2) is 39.3 Å². The number of carbonyl (C=O) groups excluding carboxylic acids is 2. The number of rotatable bonds is 0. The monoisotopic (exact) mass is 342 g/mol. The van der Waals surface area contributed by atoms with Crippen molar-refractivity contribution in [1.82, 2.24) is 4.98 Å². The second kappa shape index (κ2) is 5.27. The molecule has 0 saturated carbocycles. The second-order valence-electron chi connectivity index (χ2n) is 5.94. The van der Waals surface area contributed by atoms with Gasteiger partial charge in [0.05, 0.1) is 22.5 Å². The number of para-hydroxylation sites is 1. The molecule has 2 aliphatic rings. The molecule has 0 amide bonds. The van der Waals surface area contributed by atoms with E-state index in [0.717, 1.165) is 12.2 Å². The van der Waals surface area contributed by atoms with Gasteiger partial charge in [0.15, 0.2) is 6.10 Å². The van der Waals surface area contributed by atoms with Gasteiger partial charge in [-0.05, 0) is 6.07 Å². The van der Waals surface area contributed by atoms with E-state index in [2.05, 4.69) is 4.98 Å². The Morgan fingerprint density at radius 3 is 2.72 bits per heavy atom. The highest BCUT2D eigenvalue weighted by atomic mass is 16.7. The number of hydrogen-bond donors (Lipinski definition) is 3. The van der Waals surface area contributed by atoms with Crippen LogP contribution in [0.1, 0.15) is 11.3 Å². The number of nitrogens with two attached hydrogens (primary N) is 1. The third kappa shape index (κ3) is 2.26. The fraction of sp³-hybridized carbons (Fsp3) is 0.235. The van der Waals surface area contributed by atoms with E-state index in [1.807, 2.05) is 0 Å². The van der Waals surface area contributed by atoms with Gasteiger partial charge >= 0.3 is 11.9 Å². The third-order valence-electron chi connectivity index (χ3n) is 4.36. The number of anilines is 1. The smallest absolute Gasteiger partial charge is 0.333 e. The first-order chi connectivity index (χ1) is 11.9. The lowest BCUT2D eigenvalue weighted by Gasteiger charge is -2.42. The molecule has 0 saturated heterocycles. The lowest BCUT2D eigenvalue weighted by Crippen LogP contribution is -2.56. The van der Waals surface area contributed by atoms with Crippen molar-refractivity contribution in [2.75, 3.05) is 5.73 Å². The number of benzene rings is 1. The van der Waals surface area contributed by atoms with Crippen LogP contribution in [0.15, 0.2) is 36.4 Å². The van der Waals surface area contributed by atoms with Crippen LogP contribution in [0.5, 0.6) is 0 Å². The largest absolute Gasteiger partial charge is 0.449 e. The van der Waals surface area contributed by atoms with Gasteiger partial charge in [-0.3, -0.25) is 4.98 Å². The summed E-state index contributed by atoms with van der Waals surface area (Å²) in [5, 5.41) is 22.0. The van der Waals surface area contributed by atoms with Gasteiger partial charge < -0.3 is 25.4 Å². The zero-order valence-electron chi connectivity index (χ0n) is 12.9. The molecule has 4 N–H and O–H groups in total. The summed E-state index contributed by atoms with van der Waals surface area (Å²) in [7, 11) is 0. The van der Waals surface area contributed by atoms with Gasteiger partial charge in [-0.15, -0.1) is 0 Å². The summed E-state index contributed by atoms with van der Waals surface area (Å²) >= 11 is 0. The number of ether oxygens (including phenoxy) is 2. The molecule has 3 atom stereocenters. The fourth-order valence-corrected chi connectivity index (χ4v) is 3.30. The number of aliphatic hydroxyl groups excluding tert-OH is 1. The van der Waals surface area contributed by atoms with Crippen molar-refractivity contribution < 1.29 is 29.3 Å². The summed E-state index contributed by atoms with van der Waals surface area (Å²) in [5.41, 5.74) is 7.23. The maximum atomic E-state index is 11.9. The standard InChI is InChI=1S/C17H14N2O6/c18-15-8-3-1-2-4-9(8)19-10-7-11(20)16-17(23,14(10)15)25-13(22)6-5-12(21)24-16/h1-6,11,16,20,23H,7H2,(H2,18,19)/b6-5-. The molecule has 2 aromatic rings. The Kier molecular flexibility index (Phi) is 3.28. The maximum absolute atomic E-state index is 11.9. The highest BCUT2D eigenvalue weighted by Crippen LogP contribution is 2.43. The van der Waals surface area contributed by atoms with Gasteiger partial charge in [0.2, 0.25) is 0 Å². The van der Waals surface area contributed by atoms with Crippen molar-refractivity contribution in [2.24, 2.45) is 0 Å². The Balaban J connectivity index is 2.00. The zero-order valence-corrected chi connectivity index (χ0v) is 12.9. The van der Waals surface area contributed by atoms with Crippen LogP contribution in [0.2, 0.25) is 0 Å². The summed E-state index contributed by atoms with van der Waals surface area (Å²) in [6.07, 6.45) is -1.17. The molecule has 4 rings (SSSR count). The summed E-state index contributed by atoms with van der Waals surface area (Å²) in [4.78, 5) is 28.1. The van der Waals surface area contributed by atoms with Gasteiger partial charge in [0.25, 0.3) is 5.79 Å². The second-order valence-corrected chi connectivity index (χ2v) is 5.94. The predicted octanol–water partition coefficient (Wildman–Crippen LogP) is -0.0961. The molecule has 8 nitrogen and oxygen atoms in total. The molecular weight excluding hydrogens is 328 g/mol. The average molecular weight is 342 g/mol. The first-order valence-electron chi connectivity index (χ1n) is 7.60. The number of aromatic nitrogens is 1. The van der Waals surface area contributed by atoms with Crippen LogP contribution < -0.4 is 5.73 Å². The summed E-state index contributed by atoms with van der Waals surface area (Å²) < 4.78 is 10.2. The number of fused-ring (bicyclic) bond motifs is 4. The normalized spacial score (nSPS) is 29.7. The van der Waals surface area contributed by atoms with E-state index in [9.17, 15) is 19.8 Å². The number of aliphatic hydroxyl groups is 2. The van der Waals surface area contributed by atoms with E-state index in [1.54, 1.807) is 24.3 Å². The van der Waals surface area contributed by atoms with Crippen LogP contribution in [0.4, 0.5) is 5.69 Å². The summed E-state index contributed by atoms with van der Waals surface area (Å²) in [6, 6.07) is 6.97. The summed E-state index contributed by atoms with van der Waals surface area (Å²) in [5.74, 6) is -4.28. The first kappa shape index (κ1) is 15.6. The Bertz CT molecular complexity index is 940. The van der Waals surface area contributed by atoms with E-state index < -0.39 is 29.9 Å². The predicted molar refractivity (Wildman–Crippen MR) is 84.9 cm³/mol. The first-order valence-corrected chi connectivity index (χ1v) is 7.60. The quantitative estimate of drug-likeness (QED) is 0.566. The number of pyridine rings is 1. The molecule has 1 aromatic carbocycles. The van der Waals surface area contributed by atoms with E-state index in [0.29, 0.717) is 10.9 Å². The van der Waals surface area contributed by atoms with Gasteiger partial charge in [-0.2, -0.15) is 0 Å². The van der Waals surface area contributed by atoms with Gasteiger partial charge in [0, 0.05) is 24.0 Å². The Morgan fingerprint density at radius 2 is 1.92 bits per heavy atom. The van der Waals surface area contributed by atoms with Crippen molar-refractivity contribution in [1.29, 1.82) is 0 Å². The molecule has 1 aromatic heterocycles. The minimum Gasteiger partial charge on any atom is -0.449 e. The lowest BCUT2D eigenvalue weighted by molar-refractivity contribution is -0.278. The van der Waals surface area contributed by atoms with Crippen LogP contribution in [0, 0.1) is 0 Å². The number of carbonyl (C=O) groups is 2. The number of hydrogen-bond acceptors (Lipinski definition) is 8. The SMILES string of the molecule is Nc1c2c(nc3ccccc13)CC(O)C1OC(=O)/C=C\C(=O)OC21O. The van der Waals surface area contributed by atoms with Crippen LogP contribution in [0.25, 0.3) is 10.9 Å². The molecule has 0 spiro atoms. The lowest BCUT2D eigenvalue weighted by atomic mass is 9.83. The highest BCUT2D eigenvalue weighted by molar-refractivity contribution is 5.95. The van der Waals surface area contributed by atoms with Crippen molar-refractivity contribution in [2.45, 2.75) is 24.4 Å². The molecule has 2 heterocycles. The maximum Gasteiger partial charge on any atom is 0.333 e. The Hall–Kier alpha value is -2.97. The van der Waals surface area contributed by atoms with Gasteiger partial charge in [-0.25, -0.2) is 9.59 Å². The Morgan fingerprint density at radius 1 is 1.20 bits per heavy atom. The molecule has 0 bridgehead atoms. The number of esters is 2. The van der Waals surface area contributed by atoms with Crippen molar-refractivity contribution in [3.05, 3.63) is 47.7 Å². The van der Waals surface area contributed by atoms with E-state index in [-0.39, 0.29) is 23.4 Å². The number of nitrogen functional groups attached to an aromatic ring is 1. The molecular formula is C17H14N2O6. The minimum absolute atomic E-state index is 0.0219. The average Bonchev–Trinajstić information content (AvgIpc) is 2.55. The van der Waals surface area contributed by atoms with E-state index in [1.165, 1.54) is 0 Å². The summed E-state index contributed by atoms with van der Waals surface area (Å²) in [6.45, 7) is 0. The van der Waals surface area contributed by atoms with Crippen LogP contribution >= 0.6 is 0 Å². The molecule has 1 aliphatic carbocycles. The van der Waals surface area contributed by atoms with E-state index >= 15 is 0 Å². The highest BCUT2D eigenvalue weighted by Gasteiger charge is 2.55. The van der Waals surface area contributed by atoms with Gasteiger partial charge in [0.1, 0.15) is 6.10 Å². The molecule has 1 aliphatic heterocycles. The van der Waals surface area contributed by atoms with Crippen molar-refractivity contribution >= 4 is 28.5 Å². The molecule has 0 radical (unpaired) electrons. The van der Waals surface area contributed by atoms with Crippen LogP contribution in [0.3, 0.4) is 0 Å². The fourth-order valence-electron chi connectivity index (χ4n) is 3.30. The molecule has 8 heteroatoms. The van der Waals surface area contributed by atoms with Crippen molar-refractivity contribution in [3.63, 3.8) is 0 Å². The number of nitrogens with zero attached hydrogens (tertiary/aromatic N) is 1. The third-order valence-corrected chi connectivity index (χ3v) is 4.36.